The van der Waals surface area contributed by atoms with Crippen LogP contribution >= 0.6 is 0 Å². The monoisotopic (exact) mass is 214 g/mol. The first-order chi connectivity index (χ1) is 7.11. The van der Waals surface area contributed by atoms with E-state index in [1.165, 1.54) is 0 Å². The number of nitrogens with two attached hydrogens (primary N) is 1. The van der Waals surface area contributed by atoms with Crippen molar-refractivity contribution in [1.82, 2.24) is 15.3 Å². The maximum absolute atomic E-state index is 11.5. The van der Waals surface area contributed by atoms with Crippen molar-refractivity contribution >= 4 is 5.91 Å². The van der Waals surface area contributed by atoms with E-state index in [1.807, 2.05) is 11.9 Å². The van der Waals surface area contributed by atoms with Crippen LogP contribution in [0.3, 0.4) is 0 Å². The van der Waals surface area contributed by atoms with Gasteiger partial charge in [0.1, 0.15) is 0 Å². The Balaban J connectivity index is 2.20. The molecule has 5 nitrogen and oxygen atoms in total. The Morgan fingerprint density at radius 2 is 2.00 bits per heavy atom. The van der Waals surface area contributed by atoms with Crippen LogP contribution in [0.5, 0.6) is 0 Å². The van der Waals surface area contributed by atoms with Crippen molar-refractivity contribution < 1.29 is 4.79 Å². The highest BCUT2D eigenvalue weighted by Crippen LogP contribution is 2.00. The predicted octanol–water partition coefficient (Wildman–Crippen LogP) is -0.750. The van der Waals surface area contributed by atoms with Crippen molar-refractivity contribution in [1.29, 1.82) is 0 Å². The van der Waals surface area contributed by atoms with Gasteiger partial charge in [-0.15, -0.1) is 0 Å². The molecule has 1 unspecified atom stereocenters. The minimum atomic E-state index is 0.0810. The summed E-state index contributed by atoms with van der Waals surface area (Å²) in [6, 6.07) is 0. The Labute approximate surface area is 91.6 Å². The highest BCUT2D eigenvalue weighted by atomic mass is 16.2. The number of nitrogens with zero attached hydrogens (tertiary/aromatic N) is 2. The van der Waals surface area contributed by atoms with Crippen molar-refractivity contribution in [3.63, 3.8) is 0 Å². The number of hydrogen-bond donors (Lipinski definition) is 2. The van der Waals surface area contributed by atoms with E-state index in [-0.39, 0.29) is 11.8 Å². The molecule has 3 N–H and O–H groups in total. The molecule has 1 amide bonds. The topological polar surface area (TPSA) is 61.6 Å². The predicted molar refractivity (Wildman–Crippen MR) is 60.0 cm³/mol. The average molecular weight is 214 g/mol. The zero-order valence-corrected chi connectivity index (χ0v) is 9.70. The summed E-state index contributed by atoms with van der Waals surface area (Å²) in [7, 11) is 2.09. The summed E-state index contributed by atoms with van der Waals surface area (Å²) < 4.78 is 0. The molecule has 1 aliphatic heterocycles. The second-order valence-corrected chi connectivity index (χ2v) is 4.37. The molecule has 0 aromatic carbocycles. The lowest BCUT2D eigenvalue weighted by atomic mass is 10.1. The third-order valence-corrected chi connectivity index (χ3v) is 2.72. The number of hydrazine groups is 1. The fourth-order valence-corrected chi connectivity index (χ4v) is 1.54. The summed E-state index contributed by atoms with van der Waals surface area (Å²) in [5.41, 5.74) is 8.39. The summed E-state index contributed by atoms with van der Waals surface area (Å²) in [6.07, 6.45) is 0.517. The fourth-order valence-electron chi connectivity index (χ4n) is 1.54. The second kappa shape index (κ2) is 6.05. The summed E-state index contributed by atoms with van der Waals surface area (Å²) in [6.45, 7) is 6.37. The lowest BCUT2D eigenvalue weighted by Gasteiger charge is -2.32. The largest absolute Gasteiger partial charge is 0.330 e. The van der Waals surface area contributed by atoms with Crippen LogP contribution in [0.25, 0.3) is 0 Å². The highest BCUT2D eigenvalue weighted by molar-refractivity contribution is 5.75. The normalized spacial score (nSPS) is 21.3. The summed E-state index contributed by atoms with van der Waals surface area (Å²) >= 11 is 0. The molecule has 0 bridgehead atoms. The molecule has 1 atom stereocenters. The summed E-state index contributed by atoms with van der Waals surface area (Å²) in [5.74, 6) is 0.343. The van der Waals surface area contributed by atoms with E-state index in [0.717, 1.165) is 26.2 Å². The summed E-state index contributed by atoms with van der Waals surface area (Å²) in [5, 5.41) is 1.99. The maximum Gasteiger partial charge on any atom is 0.234 e. The van der Waals surface area contributed by atoms with Gasteiger partial charge in [-0.05, 0) is 19.5 Å². The first-order valence-electron chi connectivity index (χ1n) is 5.55. The number of likely N-dealkylation sites (N-methyl/N-ethyl adjacent to an activating group) is 1. The average Bonchev–Trinajstić information content (AvgIpc) is 2.21. The number of piperazine rings is 1. The minimum absolute atomic E-state index is 0.0810. The van der Waals surface area contributed by atoms with Crippen LogP contribution in [0.1, 0.15) is 13.3 Å². The van der Waals surface area contributed by atoms with Crippen LogP contribution in [-0.4, -0.2) is 55.6 Å². The molecular formula is C10H22N4O. The smallest absolute Gasteiger partial charge is 0.234 e. The molecule has 5 heteroatoms. The Bertz CT molecular complexity index is 202. The van der Waals surface area contributed by atoms with Gasteiger partial charge in [0.25, 0.3) is 0 Å². The molecule has 1 saturated heterocycles. The Kier molecular flexibility index (Phi) is 5.01. The third kappa shape index (κ3) is 4.59. The number of rotatable bonds is 4. The lowest BCUT2D eigenvalue weighted by Crippen LogP contribution is -2.52. The van der Waals surface area contributed by atoms with Gasteiger partial charge in [-0.2, -0.15) is 0 Å². The Hall–Kier alpha value is -0.650. The van der Waals surface area contributed by atoms with Crippen molar-refractivity contribution in [2.75, 3.05) is 39.8 Å². The third-order valence-electron chi connectivity index (χ3n) is 2.72. The zero-order valence-electron chi connectivity index (χ0n) is 9.70. The van der Waals surface area contributed by atoms with E-state index in [4.69, 9.17) is 5.73 Å². The van der Waals surface area contributed by atoms with Crippen LogP contribution in [0.4, 0.5) is 0 Å². The van der Waals surface area contributed by atoms with Crippen LogP contribution in [-0.2, 0) is 4.79 Å². The molecule has 0 aromatic heterocycles. The molecule has 0 aromatic rings. The van der Waals surface area contributed by atoms with Crippen LogP contribution < -0.4 is 11.2 Å². The van der Waals surface area contributed by atoms with Gasteiger partial charge in [0, 0.05) is 32.6 Å². The molecule has 88 valence electrons. The van der Waals surface area contributed by atoms with Crippen molar-refractivity contribution in [3.8, 4) is 0 Å². The van der Waals surface area contributed by atoms with Gasteiger partial charge in [-0.25, -0.2) is 5.01 Å². The molecule has 15 heavy (non-hydrogen) atoms. The molecule has 1 aliphatic rings. The van der Waals surface area contributed by atoms with Crippen molar-refractivity contribution in [2.45, 2.75) is 13.3 Å². The molecular weight excluding hydrogens is 192 g/mol. The van der Waals surface area contributed by atoms with Crippen molar-refractivity contribution in [2.24, 2.45) is 11.7 Å². The summed E-state index contributed by atoms with van der Waals surface area (Å²) in [4.78, 5) is 13.8. The van der Waals surface area contributed by atoms with Gasteiger partial charge in [-0.3, -0.25) is 10.2 Å². The first kappa shape index (κ1) is 12.4. The van der Waals surface area contributed by atoms with Crippen molar-refractivity contribution in [3.05, 3.63) is 0 Å². The highest BCUT2D eigenvalue weighted by Gasteiger charge is 2.16. The van der Waals surface area contributed by atoms with E-state index in [0.29, 0.717) is 13.0 Å². The molecule has 0 aliphatic carbocycles. The van der Waals surface area contributed by atoms with Gasteiger partial charge < -0.3 is 10.6 Å². The maximum atomic E-state index is 11.5. The number of carbonyl (C=O) groups is 1. The van der Waals surface area contributed by atoms with Gasteiger partial charge >= 0.3 is 0 Å². The van der Waals surface area contributed by atoms with Gasteiger partial charge in [-0.1, -0.05) is 6.92 Å². The second-order valence-electron chi connectivity index (χ2n) is 4.37. The molecule has 0 radical (unpaired) electrons. The number of carbonyl (C=O) groups excluding carboxylic acids is 1. The van der Waals surface area contributed by atoms with Gasteiger partial charge in [0.05, 0.1) is 0 Å². The fraction of sp³-hybridized carbons (Fsp3) is 0.900. The Morgan fingerprint density at radius 1 is 1.40 bits per heavy atom. The molecule has 0 spiro atoms. The van der Waals surface area contributed by atoms with Crippen LogP contribution in [0.2, 0.25) is 0 Å². The SMILES string of the molecule is CC(CN)CC(=O)NN1CCN(C)CC1. The molecule has 1 rings (SSSR count). The number of nitrogens with one attached hydrogen (secondary N) is 1. The molecule has 1 fully saturated rings. The van der Waals surface area contributed by atoms with Crippen LogP contribution in [0, 0.1) is 5.92 Å². The zero-order chi connectivity index (χ0) is 11.3. The van der Waals surface area contributed by atoms with E-state index >= 15 is 0 Å². The minimum Gasteiger partial charge on any atom is -0.330 e. The number of amides is 1. The van der Waals surface area contributed by atoms with Gasteiger partial charge in [0.2, 0.25) is 5.91 Å². The molecule has 1 heterocycles. The quantitative estimate of drug-likeness (QED) is 0.646. The van der Waals surface area contributed by atoms with E-state index in [2.05, 4.69) is 17.4 Å². The van der Waals surface area contributed by atoms with E-state index in [1.54, 1.807) is 0 Å². The van der Waals surface area contributed by atoms with Crippen LogP contribution in [0.15, 0.2) is 0 Å². The van der Waals surface area contributed by atoms with Gasteiger partial charge in [0.15, 0.2) is 0 Å². The van der Waals surface area contributed by atoms with E-state index in [9.17, 15) is 4.79 Å². The van der Waals surface area contributed by atoms with E-state index < -0.39 is 0 Å². The number of hydrogen-bond acceptors (Lipinski definition) is 4. The lowest BCUT2D eigenvalue weighted by molar-refractivity contribution is -0.127. The Morgan fingerprint density at radius 3 is 2.53 bits per heavy atom. The molecule has 0 saturated carbocycles. The first-order valence-corrected chi connectivity index (χ1v) is 5.55. The standard InChI is InChI=1S/C10H22N4O/c1-9(8-11)7-10(15)12-14-5-3-13(2)4-6-14/h9H,3-8,11H2,1-2H3,(H,12,15).